The summed E-state index contributed by atoms with van der Waals surface area (Å²) in [5.41, 5.74) is 1.26. The minimum atomic E-state index is -2.48. The average Bonchev–Trinajstić information content (AvgIpc) is 2.95. The maximum Gasteiger partial charge on any atom is 0.261 e. The predicted octanol–water partition coefficient (Wildman–Crippen LogP) is 7.24. The minimum absolute atomic E-state index is 0.0156. The Hall–Kier alpha value is -2.24. The molecular weight excluding hydrogens is 494 g/mol. The Morgan fingerprint density at radius 2 is 1.38 bits per heavy atom. The number of hydrogen-bond donors (Lipinski definition) is 1. The van der Waals surface area contributed by atoms with Crippen LogP contribution in [0.5, 0.6) is 0 Å². The van der Waals surface area contributed by atoms with Crippen LogP contribution in [0.1, 0.15) is 78.2 Å². The van der Waals surface area contributed by atoms with Crippen LogP contribution >= 0.6 is 0 Å². The molecule has 0 aliphatic carbocycles. The molecule has 1 aliphatic rings. The zero-order valence-electron chi connectivity index (χ0n) is 24.6. The van der Waals surface area contributed by atoms with E-state index >= 15 is 0 Å². The van der Waals surface area contributed by atoms with Crippen LogP contribution in [0, 0.1) is 0 Å². The van der Waals surface area contributed by atoms with Gasteiger partial charge in [0.15, 0.2) is 0 Å². The molecule has 3 aromatic rings. The van der Waals surface area contributed by atoms with Crippen molar-refractivity contribution in [2.45, 2.75) is 102 Å². The molecule has 1 saturated heterocycles. The summed E-state index contributed by atoms with van der Waals surface area (Å²) >= 11 is 0. The van der Waals surface area contributed by atoms with Crippen LogP contribution in [0.2, 0.25) is 5.04 Å². The second-order valence-electron chi connectivity index (χ2n) is 12.2. The number of rotatable bonds is 13. The van der Waals surface area contributed by atoms with Crippen molar-refractivity contribution in [2.75, 3.05) is 6.61 Å². The first-order chi connectivity index (χ1) is 18.9. The number of nitrogens with one attached hydrogen (secondary N) is 1. The van der Waals surface area contributed by atoms with E-state index in [-0.39, 0.29) is 5.04 Å². The number of piperidine rings is 1. The first kappa shape index (κ1) is 29.7. The molecule has 0 unspecified atom stereocenters. The van der Waals surface area contributed by atoms with E-state index in [1.54, 1.807) is 0 Å². The minimum Gasteiger partial charge on any atom is -0.407 e. The molecule has 0 saturated carbocycles. The number of benzene rings is 3. The van der Waals surface area contributed by atoms with E-state index in [9.17, 15) is 0 Å². The molecule has 4 rings (SSSR count). The van der Waals surface area contributed by atoms with Crippen LogP contribution in [0.4, 0.5) is 0 Å². The van der Waals surface area contributed by atoms with Gasteiger partial charge in [-0.2, -0.15) is 0 Å². The van der Waals surface area contributed by atoms with Gasteiger partial charge < -0.3 is 14.5 Å². The van der Waals surface area contributed by atoms with Gasteiger partial charge in [0.2, 0.25) is 0 Å². The van der Waals surface area contributed by atoms with Crippen molar-refractivity contribution in [3.8, 4) is 0 Å². The highest BCUT2D eigenvalue weighted by Crippen LogP contribution is 2.37. The summed E-state index contributed by atoms with van der Waals surface area (Å²) in [4.78, 5) is 0. The first-order valence-electron chi connectivity index (χ1n) is 15.1. The van der Waals surface area contributed by atoms with E-state index < -0.39 is 8.32 Å². The fraction of sp³-hybridized carbons (Fsp3) is 0.486. The Balaban J connectivity index is 1.39. The van der Waals surface area contributed by atoms with Gasteiger partial charge in [-0.25, -0.2) is 0 Å². The summed E-state index contributed by atoms with van der Waals surface area (Å²) in [6.45, 7) is 10.8. The SMILES string of the molecule is CCC[C@@H](C[C@H]1CCC[C@@H](CCO[Si](c2ccccc2)(c2ccccc2)C(C)(C)C)N1)OCc1ccccc1. The summed E-state index contributed by atoms with van der Waals surface area (Å²) < 4.78 is 13.6. The Bertz CT molecular complexity index is 1040. The van der Waals surface area contributed by atoms with Crippen LogP contribution < -0.4 is 15.7 Å². The molecule has 1 N–H and O–H groups in total. The van der Waals surface area contributed by atoms with Crippen molar-refractivity contribution in [3.63, 3.8) is 0 Å². The van der Waals surface area contributed by atoms with Crippen molar-refractivity contribution < 1.29 is 9.16 Å². The molecule has 0 radical (unpaired) electrons. The lowest BCUT2D eigenvalue weighted by atomic mass is 9.92. The zero-order chi connectivity index (χ0) is 27.6. The second-order valence-corrected chi connectivity index (χ2v) is 16.5. The van der Waals surface area contributed by atoms with Crippen LogP contribution in [0.3, 0.4) is 0 Å². The fourth-order valence-electron chi connectivity index (χ4n) is 6.34. The highest BCUT2D eigenvalue weighted by Gasteiger charge is 2.50. The normalized spacial score (nSPS) is 19.1. The maximum atomic E-state index is 7.19. The third-order valence-corrected chi connectivity index (χ3v) is 13.3. The zero-order valence-corrected chi connectivity index (χ0v) is 25.6. The third kappa shape index (κ3) is 7.91. The van der Waals surface area contributed by atoms with Crippen LogP contribution in [-0.4, -0.2) is 33.1 Å². The van der Waals surface area contributed by atoms with Crippen LogP contribution in [-0.2, 0) is 15.8 Å². The average molecular weight is 544 g/mol. The molecule has 0 amide bonds. The summed E-state index contributed by atoms with van der Waals surface area (Å²) in [6.07, 6.45) is 8.45. The van der Waals surface area contributed by atoms with E-state index in [0.717, 1.165) is 32.3 Å². The number of hydrogen-bond acceptors (Lipinski definition) is 3. The van der Waals surface area contributed by atoms with Gasteiger partial charge in [-0.1, -0.05) is 132 Å². The van der Waals surface area contributed by atoms with Crippen molar-refractivity contribution >= 4 is 18.7 Å². The molecule has 1 heterocycles. The largest absolute Gasteiger partial charge is 0.407 e. The standard InChI is InChI=1S/C35H49NO2Si/c1-5-16-32(37-28-29-17-9-6-10-18-29)27-31-20-15-19-30(36-31)25-26-38-39(35(2,3)4,33-21-11-7-12-22-33)34-23-13-8-14-24-34/h6-14,17-18,21-24,30-32,36H,5,15-16,19-20,25-28H2,1-4H3/t30-,31+,32-/m0/s1. The van der Waals surface area contributed by atoms with Crippen molar-refractivity contribution in [1.29, 1.82) is 0 Å². The molecular formula is C35H49NO2Si. The lowest BCUT2D eigenvalue weighted by Gasteiger charge is -2.43. The Morgan fingerprint density at radius 3 is 1.95 bits per heavy atom. The topological polar surface area (TPSA) is 30.5 Å². The van der Waals surface area contributed by atoms with Gasteiger partial charge in [0.25, 0.3) is 8.32 Å². The molecule has 0 spiro atoms. The molecule has 3 nitrogen and oxygen atoms in total. The lowest BCUT2D eigenvalue weighted by Crippen LogP contribution is -2.66. The summed E-state index contributed by atoms with van der Waals surface area (Å²) in [5.74, 6) is 0. The van der Waals surface area contributed by atoms with Crippen molar-refractivity contribution in [1.82, 2.24) is 5.32 Å². The number of ether oxygens (including phenoxy) is 1. The van der Waals surface area contributed by atoms with Gasteiger partial charge in [0.1, 0.15) is 0 Å². The quantitative estimate of drug-likeness (QED) is 0.231. The lowest BCUT2D eigenvalue weighted by molar-refractivity contribution is 0.0185. The third-order valence-electron chi connectivity index (χ3n) is 8.26. The second kappa shape index (κ2) is 14.4. The molecule has 1 aliphatic heterocycles. The van der Waals surface area contributed by atoms with E-state index in [1.807, 2.05) is 0 Å². The Labute approximate surface area is 238 Å². The Kier molecular flexibility index (Phi) is 11.0. The van der Waals surface area contributed by atoms with Crippen molar-refractivity contribution in [2.24, 2.45) is 0 Å². The molecule has 0 bridgehead atoms. The monoisotopic (exact) mass is 543 g/mol. The molecule has 3 atom stereocenters. The summed E-state index contributed by atoms with van der Waals surface area (Å²) in [7, 11) is -2.48. The summed E-state index contributed by atoms with van der Waals surface area (Å²) in [5, 5.41) is 6.73. The van der Waals surface area contributed by atoms with Gasteiger partial charge in [-0.3, -0.25) is 0 Å². The van der Waals surface area contributed by atoms with Crippen LogP contribution in [0.15, 0.2) is 91.0 Å². The molecule has 4 heteroatoms. The molecule has 39 heavy (non-hydrogen) atoms. The van der Waals surface area contributed by atoms with Gasteiger partial charge in [0.05, 0.1) is 12.7 Å². The van der Waals surface area contributed by atoms with Crippen molar-refractivity contribution in [3.05, 3.63) is 96.6 Å². The van der Waals surface area contributed by atoms with Crippen LogP contribution in [0.25, 0.3) is 0 Å². The van der Waals surface area contributed by atoms with Gasteiger partial charge in [-0.15, -0.1) is 0 Å². The van der Waals surface area contributed by atoms with Gasteiger partial charge >= 0.3 is 0 Å². The summed E-state index contributed by atoms with van der Waals surface area (Å²) in [6, 6.07) is 33.6. The van der Waals surface area contributed by atoms with Gasteiger partial charge in [0, 0.05) is 18.7 Å². The highest BCUT2D eigenvalue weighted by atomic mass is 28.4. The molecule has 1 fully saturated rings. The van der Waals surface area contributed by atoms with E-state index in [4.69, 9.17) is 9.16 Å². The van der Waals surface area contributed by atoms with E-state index in [2.05, 4.69) is 124 Å². The highest BCUT2D eigenvalue weighted by molar-refractivity contribution is 6.99. The van der Waals surface area contributed by atoms with E-state index in [0.29, 0.717) is 24.8 Å². The maximum absolute atomic E-state index is 7.19. The molecule has 0 aromatic heterocycles. The first-order valence-corrected chi connectivity index (χ1v) is 17.0. The Morgan fingerprint density at radius 1 is 0.821 bits per heavy atom. The van der Waals surface area contributed by atoms with E-state index in [1.165, 1.54) is 35.2 Å². The molecule has 3 aromatic carbocycles. The smallest absolute Gasteiger partial charge is 0.261 e. The fourth-order valence-corrected chi connectivity index (χ4v) is 10.9. The molecule has 210 valence electrons. The predicted molar refractivity (Wildman–Crippen MR) is 167 cm³/mol. The van der Waals surface area contributed by atoms with Gasteiger partial charge in [-0.05, 0) is 53.1 Å².